The molecule has 0 rings (SSSR count). The first-order chi connectivity index (χ1) is 19.4. The van der Waals surface area contributed by atoms with Gasteiger partial charge in [-0.15, -0.1) is 0 Å². The molecule has 0 aliphatic heterocycles. The Morgan fingerprint density at radius 3 is 1.41 bits per heavy atom. The highest BCUT2D eigenvalue weighted by Crippen LogP contribution is 1.82. The molecule has 0 fully saturated rings. The lowest BCUT2D eigenvalue weighted by molar-refractivity contribution is -0.0837. The Hall–Kier alpha value is -0.600. The Morgan fingerprint density at radius 1 is 0.610 bits per heavy atom. The van der Waals surface area contributed by atoms with Crippen molar-refractivity contribution in [3.63, 3.8) is 0 Å². The molecule has 15 N–H and O–H groups in total. The molecule has 0 aliphatic rings. The van der Waals surface area contributed by atoms with Crippen molar-refractivity contribution < 1.29 is 39.7 Å². The maximum atomic E-state index is 8.85. The van der Waals surface area contributed by atoms with Crippen LogP contribution in [0.3, 0.4) is 0 Å². The van der Waals surface area contributed by atoms with E-state index in [1.807, 2.05) is 20.9 Å². The van der Waals surface area contributed by atoms with Crippen LogP contribution < -0.4 is 38.5 Å². The lowest BCUT2D eigenvalue weighted by atomic mass is 10.3. The van der Waals surface area contributed by atoms with Gasteiger partial charge in [0.25, 0.3) is 0 Å². The van der Waals surface area contributed by atoms with E-state index >= 15 is 0 Å². The van der Waals surface area contributed by atoms with E-state index in [4.69, 9.17) is 52.2 Å². The summed E-state index contributed by atoms with van der Waals surface area (Å²) < 4.78 is 14.2. The van der Waals surface area contributed by atoms with E-state index in [-0.39, 0.29) is 12.2 Å². The number of hydrogen-bond donors (Lipinski definition) is 12. The highest BCUT2D eigenvalue weighted by Gasteiger charge is 1.93. The number of rotatable bonds is 21. The third-order valence-corrected chi connectivity index (χ3v) is 4.06. The molecule has 0 radical (unpaired) electrons. The molecular weight excluding hydrogens is 538 g/mol. The molecule has 0 heterocycles. The van der Waals surface area contributed by atoms with E-state index in [9.17, 15) is 0 Å². The standard InChI is InChI=1S/C7H19N3O.C6H15NO2.C5H13NO2.C4H11NO2.C4H11NO/c1-7(11)6-10-5-4-9-3-2-8;1-3-7-4-5-9-6(2)8;1-5(7)8-4-3-6-2;1-4(6)7-3-2-5;1-2-4(6)3-5/h7,9-11H,2-6,8H2,1H3;6-8H,3-5H2,1-2H3;5-7H,3-4H2,1-2H3;4,6H,2-3,5H2,1H3;4,6H,2-3,5H2,1H3. The second kappa shape index (κ2) is 46.4. The molecular formula is C26H69N7O8. The van der Waals surface area contributed by atoms with E-state index in [0.717, 1.165) is 45.7 Å². The van der Waals surface area contributed by atoms with E-state index in [2.05, 4.69) is 26.0 Å². The number of nitrogens with two attached hydrogens (primary N) is 3. The van der Waals surface area contributed by atoms with Crippen LogP contribution in [0, 0.1) is 0 Å². The largest absolute Gasteiger partial charge is 0.392 e. The first-order valence-electron chi connectivity index (χ1n) is 14.5. The van der Waals surface area contributed by atoms with Gasteiger partial charge in [0.2, 0.25) is 0 Å². The molecule has 15 heteroatoms. The van der Waals surface area contributed by atoms with Crippen LogP contribution in [0.15, 0.2) is 0 Å². The molecule has 0 spiro atoms. The number of hydrogen-bond acceptors (Lipinski definition) is 15. The first kappa shape index (κ1) is 50.0. The monoisotopic (exact) mass is 608 g/mol. The summed E-state index contributed by atoms with van der Waals surface area (Å²) in [6.45, 7) is 19.4. The van der Waals surface area contributed by atoms with Gasteiger partial charge < -0.3 is 78.2 Å². The van der Waals surface area contributed by atoms with Crippen LogP contribution in [-0.2, 0) is 14.2 Å². The van der Waals surface area contributed by atoms with Crippen molar-refractivity contribution in [2.24, 2.45) is 17.2 Å². The summed E-state index contributed by atoms with van der Waals surface area (Å²) in [5.41, 5.74) is 15.3. The molecule has 0 bridgehead atoms. The zero-order chi connectivity index (χ0) is 32.7. The molecule has 15 nitrogen and oxygen atoms in total. The molecule has 0 aromatic rings. The van der Waals surface area contributed by atoms with Gasteiger partial charge in [-0.2, -0.15) is 0 Å². The maximum Gasteiger partial charge on any atom is 0.151 e. The summed E-state index contributed by atoms with van der Waals surface area (Å²) in [6.07, 6.45) is -1.73. The fraction of sp³-hybridized carbons (Fsp3) is 1.00. The zero-order valence-corrected chi connectivity index (χ0v) is 27.0. The minimum Gasteiger partial charge on any atom is -0.392 e. The van der Waals surface area contributed by atoms with Crippen molar-refractivity contribution >= 4 is 0 Å². The second-order valence-corrected chi connectivity index (χ2v) is 8.55. The summed E-state index contributed by atoms with van der Waals surface area (Å²) in [6, 6.07) is 0. The topological polar surface area (TPSA) is 255 Å². The lowest BCUT2D eigenvalue weighted by Gasteiger charge is -2.06. The maximum absolute atomic E-state index is 8.85. The lowest BCUT2D eigenvalue weighted by Crippen LogP contribution is -2.33. The van der Waals surface area contributed by atoms with Crippen LogP contribution in [0.5, 0.6) is 0 Å². The fourth-order valence-electron chi connectivity index (χ4n) is 1.93. The van der Waals surface area contributed by atoms with Gasteiger partial charge in [0.15, 0.2) is 18.9 Å². The number of aliphatic hydroxyl groups excluding tert-OH is 5. The van der Waals surface area contributed by atoms with Crippen LogP contribution in [-0.4, -0.2) is 149 Å². The second-order valence-electron chi connectivity index (χ2n) is 8.55. The number of aliphatic hydroxyl groups is 5. The molecule has 0 aromatic heterocycles. The molecule has 41 heavy (non-hydrogen) atoms. The van der Waals surface area contributed by atoms with Crippen molar-refractivity contribution in [3.05, 3.63) is 0 Å². The smallest absolute Gasteiger partial charge is 0.151 e. The minimum atomic E-state index is -0.677. The third-order valence-electron chi connectivity index (χ3n) is 4.06. The number of nitrogens with one attached hydrogen (secondary N) is 4. The Kier molecular flexibility index (Phi) is 56.6. The fourth-order valence-corrected chi connectivity index (χ4v) is 1.93. The van der Waals surface area contributed by atoms with Gasteiger partial charge in [-0.05, 0) is 47.7 Å². The molecule has 5 unspecified atom stereocenters. The summed E-state index contributed by atoms with van der Waals surface area (Å²) in [5, 5.41) is 55.1. The molecule has 0 saturated heterocycles. The Balaban J connectivity index is -0.000000134. The quantitative estimate of drug-likeness (QED) is 0.0459. The number of ether oxygens (including phenoxy) is 3. The van der Waals surface area contributed by atoms with Crippen molar-refractivity contribution in [1.82, 2.24) is 21.3 Å². The van der Waals surface area contributed by atoms with Crippen molar-refractivity contribution in [1.29, 1.82) is 0 Å². The Labute approximate surface area is 249 Å². The highest BCUT2D eigenvalue weighted by atomic mass is 16.6. The van der Waals surface area contributed by atoms with E-state index in [1.54, 1.807) is 27.7 Å². The van der Waals surface area contributed by atoms with Crippen LogP contribution >= 0.6 is 0 Å². The van der Waals surface area contributed by atoms with Gasteiger partial charge in [-0.25, -0.2) is 0 Å². The summed E-state index contributed by atoms with van der Waals surface area (Å²) in [5.74, 6) is 0. The van der Waals surface area contributed by atoms with Crippen LogP contribution in [0.25, 0.3) is 0 Å². The minimum absolute atomic E-state index is 0.260. The molecule has 0 aliphatic carbocycles. The van der Waals surface area contributed by atoms with Gasteiger partial charge in [0.05, 0.1) is 32.0 Å². The predicted molar refractivity (Wildman–Crippen MR) is 166 cm³/mol. The normalized spacial score (nSPS) is 13.8. The van der Waals surface area contributed by atoms with Gasteiger partial charge in [-0.1, -0.05) is 13.8 Å². The van der Waals surface area contributed by atoms with Crippen LogP contribution in [0.2, 0.25) is 0 Å². The number of likely N-dealkylation sites (N-methyl/N-ethyl adjacent to an activating group) is 2. The van der Waals surface area contributed by atoms with E-state index in [0.29, 0.717) is 46.0 Å². The van der Waals surface area contributed by atoms with Crippen molar-refractivity contribution in [2.75, 3.05) is 92.3 Å². The zero-order valence-electron chi connectivity index (χ0n) is 27.0. The summed E-state index contributed by atoms with van der Waals surface area (Å²) in [7, 11) is 1.84. The highest BCUT2D eigenvalue weighted by molar-refractivity contribution is 4.55. The molecule has 0 saturated carbocycles. The Bertz CT molecular complexity index is 414. The van der Waals surface area contributed by atoms with E-state index in [1.165, 1.54) is 0 Å². The average Bonchev–Trinajstić information content (AvgIpc) is 2.92. The molecule has 0 aromatic carbocycles. The van der Waals surface area contributed by atoms with Crippen LogP contribution in [0.4, 0.5) is 0 Å². The summed E-state index contributed by atoms with van der Waals surface area (Å²) in [4.78, 5) is 0. The van der Waals surface area contributed by atoms with Crippen LogP contribution in [0.1, 0.15) is 48.0 Å². The molecule has 256 valence electrons. The van der Waals surface area contributed by atoms with Gasteiger partial charge >= 0.3 is 0 Å². The van der Waals surface area contributed by atoms with Crippen molar-refractivity contribution in [3.8, 4) is 0 Å². The summed E-state index contributed by atoms with van der Waals surface area (Å²) >= 11 is 0. The van der Waals surface area contributed by atoms with Gasteiger partial charge in [0.1, 0.15) is 0 Å². The Morgan fingerprint density at radius 2 is 1.10 bits per heavy atom. The van der Waals surface area contributed by atoms with E-state index < -0.39 is 18.9 Å². The van der Waals surface area contributed by atoms with Gasteiger partial charge in [-0.3, -0.25) is 0 Å². The third kappa shape index (κ3) is 79.1. The average molecular weight is 608 g/mol. The first-order valence-corrected chi connectivity index (χ1v) is 14.5. The SMILES string of the molecule is CC(O)CNCCNCCN.CC(O)OCCN.CCC(O)CN.CCNCCOC(C)O.CNCCOC(C)O. The molecule has 5 atom stereocenters. The van der Waals surface area contributed by atoms with Gasteiger partial charge in [0, 0.05) is 58.9 Å². The predicted octanol–water partition coefficient (Wildman–Crippen LogP) is -2.97. The van der Waals surface area contributed by atoms with Crippen molar-refractivity contribution in [2.45, 2.75) is 79.0 Å². The molecule has 0 amide bonds.